The van der Waals surface area contributed by atoms with E-state index in [1.54, 1.807) is 13.2 Å². The Labute approximate surface area is 162 Å². The topological polar surface area (TPSA) is 84.9 Å². The van der Waals surface area contributed by atoms with Crippen molar-refractivity contribution in [3.05, 3.63) is 77.9 Å². The number of rotatable bonds is 7. The van der Waals surface area contributed by atoms with E-state index in [9.17, 15) is 14.7 Å². The largest absolute Gasteiger partial charge is 0.497 e. The summed E-state index contributed by atoms with van der Waals surface area (Å²) in [4.78, 5) is 23.5. The molecule has 6 heteroatoms. The van der Waals surface area contributed by atoms with Gasteiger partial charge in [0, 0.05) is 0 Å². The Kier molecular flexibility index (Phi) is 6.11. The summed E-state index contributed by atoms with van der Waals surface area (Å²) in [6, 6.07) is 19.7. The van der Waals surface area contributed by atoms with Gasteiger partial charge in [-0.3, -0.25) is 4.79 Å². The summed E-state index contributed by atoms with van der Waals surface area (Å²) < 4.78 is 10.4. The number of carbonyl (C=O) groups excluding carboxylic acids is 1. The molecular formula is C22H21NO5. The van der Waals surface area contributed by atoms with Crippen molar-refractivity contribution in [2.45, 2.75) is 19.1 Å². The highest BCUT2D eigenvalue weighted by Gasteiger charge is 2.19. The van der Waals surface area contributed by atoms with Crippen LogP contribution in [0.2, 0.25) is 0 Å². The van der Waals surface area contributed by atoms with Crippen LogP contribution < -0.4 is 10.1 Å². The van der Waals surface area contributed by atoms with Gasteiger partial charge in [0.05, 0.1) is 19.6 Å². The van der Waals surface area contributed by atoms with Crippen LogP contribution in [0.5, 0.6) is 5.75 Å². The van der Waals surface area contributed by atoms with Crippen molar-refractivity contribution in [1.29, 1.82) is 0 Å². The molecule has 144 valence electrons. The zero-order valence-electron chi connectivity index (χ0n) is 15.4. The van der Waals surface area contributed by atoms with Crippen LogP contribution in [0.25, 0.3) is 10.8 Å². The maximum atomic E-state index is 12.2. The number of methoxy groups -OCH3 is 1. The molecular weight excluding hydrogens is 358 g/mol. The number of fused-ring (bicyclic) bond motifs is 1. The van der Waals surface area contributed by atoms with Gasteiger partial charge in [-0.15, -0.1) is 0 Å². The molecule has 0 saturated heterocycles. The molecule has 28 heavy (non-hydrogen) atoms. The molecule has 0 aromatic heterocycles. The molecule has 1 amide bonds. The second-order valence-corrected chi connectivity index (χ2v) is 6.33. The molecule has 0 fully saturated rings. The maximum absolute atomic E-state index is 12.2. The number of alkyl carbamates (subject to hydrolysis) is 1. The van der Waals surface area contributed by atoms with Crippen LogP contribution in [-0.4, -0.2) is 24.3 Å². The van der Waals surface area contributed by atoms with Gasteiger partial charge >= 0.3 is 12.1 Å². The van der Waals surface area contributed by atoms with Gasteiger partial charge in [-0.2, -0.15) is 0 Å². The molecule has 0 aliphatic carbocycles. The summed E-state index contributed by atoms with van der Waals surface area (Å²) in [6.07, 6.45) is -0.910. The maximum Gasteiger partial charge on any atom is 0.407 e. The zero-order valence-corrected chi connectivity index (χ0v) is 15.4. The molecule has 1 unspecified atom stereocenters. The minimum Gasteiger partial charge on any atom is -0.497 e. The van der Waals surface area contributed by atoms with Crippen molar-refractivity contribution in [3.8, 4) is 5.75 Å². The normalized spacial score (nSPS) is 11.6. The van der Waals surface area contributed by atoms with E-state index in [1.807, 2.05) is 60.7 Å². The van der Waals surface area contributed by atoms with E-state index in [1.165, 1.54) is 0 Å². The molecule has 2 N–H and O–H groups in total. The number of aliphatic carboxylic acids is 1. The third-order valence-electron chi connectivity index (χ3n) is 4.36. The number of carboxylic acid groups (broad SMARTS) is 1. The lowest BCUT2D eigenvalue weighted by Crippen LogP contribution is -2.30. The van der Waals surface area contributed by atoms with Crippen LogP contribution in [0.15, 0.2) is 66.7 Å². The minimum absolute atomic E-state index is 0.115. The van der Waals surface area contributed by atoms with Crippen molar-refractivity contribution in [3.63, 3.8) is 0 Å². The quantitative estimate of drug-likeness (QED) is 0.640. The minimum atomic E-state index is -1.01. The summed E-state index contributed by atoms with van der Waals surface area (Å²) >= 11 is 0. The lowest BCUT2D eigenvalue weighted by molar-refractivity contribution is -0.137. The number of nitrogens with one attached hydrogen (secondary N) is 1. The second kappa shape index (κ2) is 8.90. The van der Waals surface area contributed by atoms with Crippen molar-refractivity contribution < 1.29 is 24.2 Å². The Balaban J connectivity index is 1.74. The first-order valence-electron chi connectivity index (χ1n) is 8.82. The van der Waals surface area contributed by atoms with Gasteiger partial charge in [0.25, 0.3) is 0 Å². The molecule has 1 atom stereocenters. The molecule has 3 aromatic carbocycles. The number of benzene rings is 3. The molecule has 0 bridgehead atoms. The first-order chi connectivity index (χ1) is 13.5. The Morgan fingerprint density at radius 1 is 1.00 bits per heavy atom. The first kappa shape index (κ1) is 19.2. The van der Waals surface area contributed by atoms with E-state index in [0.29, 0.717) is 5.56 Å². The highest BCUT2D eigenvalue weighted by molar-refractivity contribution is 5.85. The van der Waals surface area contributed by atoms with E-state index in [4.69, 9.17) is 9.47 Å². The number of ether oxygens (including phenoxy) is 2. The molecule has 0 spiro atoms. The van der Waals surface area contributed by atoms with Gasteiger partial charge < -0.3 is 19.9 Å². The summed E-state index contributed by atoms with van der Waals surface area (Å²) in [5, 5.41) is 13.8. The standard InChI is InChI=1S/C22H21NO5/c1-27-19-10-9-16-11-18(8-7-17(16)12-19)20(13-21(24)25)23-22(26)28-14-15-5-3-2-4-6-15/h2-12,20H,13-14H2,1H3,(H,23,26)(H,24,25). The van der Waals surface area contributed by atoms with E-state index >= 15 is 0 Å². The van der Waals surface area contributed by atoms with Crippen LogP contribution in [-0.2, 0) is 16.1 Å². The Morgan fingerprint density at radius 3 is 2.43 bits per heavy atom. The lowest BCUT2D eigenvalue weighted by atomic mass is 9.99. The summed E-state index contributed by atoms with van der Waals surface area (Å²) in [5.74, 6) is -0.270. The number of amides is 1. The highest BCUT2D eigenvalue weighted by Crippen LogP contribution is 2.26. The summed E-state index contributed by atoms with van der Waals surface area (Å²) in [6.45, 7) is 0.115. The molecule has 0 radical (unpaired) electrons. The van der Waals surface area contributed by atoms with Crippen molar-refractivity contribution in [1.82, 2.24) is 5.32 Å². The van der Waals surface area contributed by atoms with Gasteiger partial charge in [-0.05, 0) is 40.1 Å². The average Bonchev–Trinajstić information content (AvgIpc) is 2.71. The van der Waals surface area contributed by atoms with Crippen molar-refractivity contribution in [2.75, 3.05) is 7.11 Å². The van der Waals surface area contributed by atoms with Crippen LogP contribution >= 0.6 is 0 Å². The Morgan fingerprint density at radius 2 is 1.71 bits per heavy atom. The van der Waals surface area contributed by atoms with Crippen molar-refractivity contribution >= 4 is 22.8 Å². The molecule has 3 aromatic rings. The first-order valence-corrected chi connectivity index (χ1v) is 8.82. The predicted octanol–water partition coefficient (Wildman–Crippen LogP) is 4.29. The number of hydrogen-bond donors (Lipinski definition) is 2. The zero-order chi connectivity index (χ0) is 19.9. The van der Waals surface area contributed by atoms with Crippen LogP contribution in [0.1, 0.15) is 23.6 Å². The van der Waals surface area contributed by atoms with Gasteiger partial charge in [0.1, 0.15) is 12.4 Å². The number of carboxylic acids is 1. The lowest BCUT2D eigenvalue weighted by Gasteiger charge is -2.18. The SMILES string of the molecule is COc1ccc2cc(C(CC(=O)O)NC(=O)OCc3ccccc3)ccc2c1. The molecule has 0 heterocycles. The third-order valence-corrected chi connectivity index (χ3v) is 4.36. The molecule has 0 saturated carbocycles. The van der Waals surface area contributed by atoms with Gasteiger partial charge in [0.15, 0.2) is 0 Å². The molecule has 0 aliphatic rings. The van der Waals surface area contributed by atoms with E-state index in [2.05, 4.69) is 5.32 Å². The van der Waals surface area contributed by atoms with Crippen LogP contribution in [0.3, 0.4) is 0 Å². The predicted molar refractivity (Wildman–Crippen MR) is 105 cm³/mol. The monoisotopic (exact) mass is 379 g/mol. The van der Waals surface area contributed by atoms with E-state index in [0.717, 1.165) is 22.1 Å². The van der Waals surface area contributed by atoms with Crippen LogP contribution in [0, 0.1) is 0 Å². The second-order valence-electron chi connectivity index (χ2n) is 6.33. The van der Waals surface area contributed by atoms with Crippen molar-refractivity contribution in [2.24, 2.45) is 0 Å². The Bertz CT molecular complexity index is 971. The van der Waals surface area contributed by atoms with Gasteiger partial charge in [0.2, 0.25) is 0 Å². The number of carbonyl (C=O) groups is 2. The smallest absolute Gasteiger partial charge is 0.407 e. The van der Waals surface area contributed by atoms with Crippen LogP contribution in [0.4, 0.5) is 4.79 Å². The summed E-state index contributed by atoms with van der Waals surface area (Å²) in [7, 11) is 1.60. The third kappa shape index (κ3) is 5.01. The molecule has 6 nitrogen and oxygen atoms in total. The average molecular weight is 379 g/mol. The Hall–Kier alpha value is -3.54. The molecule has 3 rings (SSSR count). The highest BCUT2D eigenvalue weighted by atomic mass is 16.5. The fraction of sp³-hybridized carbons (Fsp3) is 0.182. The fourth-order valence-electron chi connectivity index (χ4n) is 2.92. The fourth-order valence-corrected chi connectivity index (χ4v) is 2.92. The van der Waals surface area contributed by atoms with E-state index in [-0.39, 0.29) is 13.0 Å². The van der Waals surface area contributed by atoms with E-state index < -0.39 is 18.1 Å². The van der Waals surface area contributed by atoms with Gasteiger partial charge in [-0.25, -0.2) is 4.79 Å². The summed E-state index contributed by atoms with van der Waals surface area (Å²) in [5.41, 5.74) is 1.55. The van der Waals surface area contributed by atoms with Gasteiger partial charge in [-0.1, -0.05) is 48.5 Å². The number of hydrogen-bond acceptors (Lipinski definition) is 4. The molecule has 0 aliphatic heterocycles.